The second kappa shape index (κ2) is 9.18. The number of nitrogens with zero attached hydrogens (tertiary/aromatic N) is 1. The lowest BCUT2D eigenvalue weighted by atomic mass is 9.94. The minimum atomic E-state index is 0.0639. The van der Waals surface area contributed by atoms with E-state index in [2.05, 4.69) is 79.5 Å². The molecule has 3 nitrogen and oxygen atoms in total. The monoisotopic (exact) mass is 364 g/mol. The van der Waals surface area contributed by atoms with Gasteiger partial charge >= 0.3 is 0 Å². The van der Waals surface area contributed by atoms with Crippen LogP contribution < -0.4 is 5.32 Å². The van der Waals surface area contributed by atoms with Crippen molar-refractivity contribution in [2.24, 2.45) is 5.92 Å². The molecule has 1 saturated heterocycles. The van der Waals surface area contributed by atoms with Gasteiger partial charge in [0.1, 0.15) is 0 Å². The maximum Gasteiger partial charge on any atom is 0.223 e. The molecule has 0 spiro atoms. The van der Waals surface area contributed by atoms with Gasteiger partial charge in [-0.2, -0.15) is 0 Å². The first-order valence-corrected chi connectivity index (χ1v) is 10.2. The van der Waals surface area contributed by atoms with Crippen molar-refractivity contribution in [2.75, 3.05) is 13.1 Å². The first kappa shape index (κ1) is 19.6. The zero-order valence-corrected chi connectivity index (χ0v) is 16.9. The predicted octanol–water partition coefficient (Wildman–Crippen LogP) is 4.65. The Balaban J connectivity index is 1.46. The fourth-order valence-electron chi connectivity index (χ4n) is 3.76. The van der Waals surface area contributed by atoms with Crippen molar-refractivity contribution in [2.45, 2.75) is 52.6 Å². The molecule has 0 bridgehead atoms. The predicted molar refractivity (Wildman–Crippen MR) is 112 cm³/mol. The Morgan fingerprint density at radius 3 is 2.22 bits per heavy atom. The Bertz CT molecular complexity index is 728. The maximum absolute atomic E-state index is 12.7. The van der Waals surface area contributed by atoms with Gasteiger partial charge in [-0.1, -0.05) is 61.0 Å². The molecule has 1 N–H and O–H groups in total. The van der Waals surface area contributed by atoms with E-state index in [1.165, 1.54) is 22.3 Å². The van der Waals surface area contributed by atoms with E-state index in [1.54, 1.807) is 0 Å². The molecule has 144 valence electrons. The number of benzene rings is 2. The van der Waals surface area contributed by atoms with Crippen LogP contribution in [-0.2, 0) is 17.8 Å². The van der Waals surface area contributed by atoms with Gasteiger partial charge in [0.2, 0.25) is 5.91 Å². The molecule has 1 heterocycles. The number of rotatable bonds is 6. The van der Waals surface area contributed by atoms with Crippen LogP contribution in [0.1, 0.15) is 55.0 Å². The Kier molecular flexibility index (Phi) is 6.68. The van der Waals surface area contributed by atoms with Gasteiger partial charge in [0.25, 0.3) is 0 Å². The van der Waals surface area contributed by atoms with Gasteiger partial charge in [0.15, 0.2) is 0 Å². The lowest BCUT2D eigenvalue weighted by Gasteiger charge is -2.32. The molecular weight excluding hydrogens is 332 g/mol. The smallest absolute Gasteiger partial charge is 0.223 e. The molecule has 1 unspecified atom stereocenters. The molecule has 3 heteroatoms. The molecule has 0 aliphatic carbocycles. The Hall–Kier alpha value is -2.13. The zero-order valence-electron chi connectivity index (χ0n) is 16.9. The summed E-state index contributed by atoms with van der Waals surface area (Å²) in [5, 5.41) is 3.22. The van der Waals surface area contributed by atoms with Gasteiger partial charge in [-0.3, -0.25) is 9.69 Å². The molecule has 2 aromatic rings. The van der Waals surface area contributed by atoms with Crippen LogP contribution in [-0.4, -0.2) is 23.9 Å². The third-order valence-corrected chi connectivity index (χ3v) is 5.73. The fraction of sp³-hybridized carbons (Fsp3) is 0.458. The molecule has 1 atom stereocenters. The summed E-state index contributed by atoms with van der Waals surface area (Å²) in [7, 11) is 0. The molecule has 1 aliphatic rings. The number of carbonyl (C=O) groups is 1. The number of likely N-dealkylation sites (tertiary alicyclic amines) is 1. The van der Waals surface area contributed by atoms with E-state index >= 15 is 0 Å². The van der Waals surface area contributed by atoms with Crippen molar-refractivity contribution in [1.82, 2.24) is 10.2 Å². The summed E-state index contributed by atoms with van der Waals surface area (Å²) in [5.74, 6) is 0.341. The Morgan fingerprint density at radius 2 is 1.63 bits per heavy atom. The van der Waals surface area contributed by atoms with Crippen LogP contribution in [0, 0.1) is 12.8 Å². The summed E-state index contributed by atoms with van der Waals surface area (Å²) < 4.78 is 0. The summed E-state index contributed by atoms with van der Waals surface area (Å²) in [6.45, 7) is 9.32. The number of carbonyl (C=O) groups excluding carboxylic acids is 1. The highest BCUT2D eigenvalue weighted by Gasteiger charge is 2.26. The van der Waals surface area contributed by atoms with E-state index in [0.29, 0.717) is 0 Å². The lowest BCUT2D eigenvalue weighted by Crippen LogP contribution is -2.40. The second-order valence-corrected chi connectivity index (χ2v) is 7.86. The van der Waals surface area contributed by atoms with Crippen molar-refractivity contribution >= 4 is 5.91 Å². The maximum atomic E-state index is 12.7. The molecule has 27 heavy (non-hydrogen) atoms. The number of nitrogens with one attached hydrogen (secondary N) is 1. The lowest BCUT2D eigenvalue weighted by molar-refractivity contribution is -0.127. The molecule has 0 radical (unpaired) electrons. The first-order chi connectivity index (χ1) is 13.0. The molecule has 1 fully saturated rings. The molecule has 3 rings (SSSR count). The number of amides is 1. The molecule has 0 saturated carbocycles. The first-order valence-electron chi connectivity index (χ1n) is 10.2. The zero-order chi connectivity index (χ0) is 19.2. The van der Waals surface area contributed by atoms with E-state index < -0.39 is 0 Å². The van der Waals surface area contributed by atoms with Crippen molar-refractivity contribution < 1.29 is 4.79 Å². The second-order valence-electron chi connectivity index (χ2n) is 7.86. The van der Waals surface area contributed by atoms with Crippen LogP contribution >= 0.6 is 0 Å². The standard InChI is InChI=1S/C24H32N2O/c1-4-20-9-11-22(12-10-20)19(3)25-24(27)23-13-15-26(16-14-23)17-21-7-5-18(2)6-8-21/h5-12,19,23H,4,13-17H2,1-3H3,(H,25,27). The van der Waals surface area contributed by atoms with Crippen LogP contribution in [0.3, 0.4) is 0 Å². The van der Waals surface area contributed by atoms with Crippen LogP contribution in [0.4, 0.5) is 0 Å². The molecular formula is C24H32N2O. The molecule has 0 aromatic heterocycles. The fourth-order valence-corrected chi connectivity index (χ4v) is 3.76. The van der Waals surface area contributed by atoms with Gasteiger partial charge < -0.3 is 5.32 Å². The van der Waals surface area contributed by atoms with E-state index in [0.717, 1.165) is 38.9 Å². The minimum Gasteiger partial charge on any atom is -0.349 e. The largest absolute Gasteiger partial charge is 0.349 e. The van der Waals surface area contributed by atoms with Gasteiger partial charge in [-0.05, 0) is 62.9 Å². The summed E-state index contributed by atoms with van der Waals surface area (Å²) in [5.41, 5.74) is 5.16. The molecule has 2 aromatic carbocycles. The average molecular weight is 365 g/mol. The van der Waals surface area contributed by atoms with E-state index in [1.807, 2.05) is 0 Å². The number of hydrogen-bond donors (Lipinski definition) is 1. The number of piperidine rings is 1. The van der Waals surface area contributed by atoms with Crippen molar-refractivity contribution in [3.05, 3.63) is 70.8 Å². The molecule has 1 amide bonds. The van der Waals surface area contributed by atoms with Gasteiger partial charge in [0, 0.05) is 12.5 Å². The van der Waals surface area contributed by atoms with Crippen molar-refractivity contribution in [3.63, 3.8) is 0 Å². The van der Waals surface area contributed by atoms with Crippen LogP contribution in [0.25, 0.3) is 0 Å². The van der Waals surface area contributed by atoms with Gasteiger partial charge in [0.05, 0.1) is 6.04 Å². The average Bonchev–Trinajstić information content (AvgIpc) is 2.70. The number of hydrogen-bond acceptors (Lipinski definition) is 2. The van der Waals surface area contributed by atoms with E-state index in [-0.39, 0.29) is 17.9 Å². The quantitative estimate of drug-likeness (QED) is 0.809. The summed E-state index contributed by atoms with van der Waals surface area (Å²) >= 11 is 0. The summed E-state index contributed by atoms with van der Waals surface area (Å²) in [6, 6.07) is 17.4. The highest BCUT2D eigenvalue weighted by atomic mass is 16.1. The highest BCUT2D eigenvalue weighted by Crippen LogP contribution is 2.21. The summed E-state index contributed by atoms with van der Waals surface area (Å²) in [4.78, 5) is 15.1. The highest BCUT2D eigenvalue weighted by molar-refractivity contribution is 5.79. The third kappa shape index (κ3) is 5.43. The van der Waals surface area contributed by atoms with Crippen LogP contribution in [0.15, 0.2) is 48.5 Å². The Morgan fingerprint density at radius 1 is 1.04 bits per heavy atom. The van der Waals surface area contributed by atoms with Crippen LogP contribution in [0.5, 0.6) is 0 Å². The number of aryl methyl sites for hydroxylation is 2. The summed E-state index contributed by atoms with van der Waals surface area (Å²) in [6.07, 6.45) is 2.93. The molecule has 1 aliphatic heterocycles. The Labute approximate surface area is 163 Å². The van der Waals surface area contributed by atoms with Gasteiger partial charge in [-0.25, -0.2) is 0 Å². The van der Waals surface area contributed by atoms with Gasteiger partial charge in [-0.15, -0.1) is 0 Å². The third-order valence-electron chi connectivity index (χ3n) is 5.73. The van der Waals surface area contributed by atoms with Crippen molar-refractivity contribution in [3.8, 4) is 0 Å². The van der Waals surface area contributed by atoms with Crippen molar-refractivity contribution in [1.29, 1.82) is 0 Å². The normalized spacial score (nSPS) is 16.9. The van der Waals surface area contributed by atoms with Crippen LogP contribution in [0.2, 0.25) is 0 Å². The SMILES string of the molecule is CCc1ccc(C(C)NC(=O)C2CCN(Cc3ccc(C)cc3)CC2)cc1. The minimum absolute atomic E-state index is 0.0639. The van der Waals surface area contributed by atoms with E-state index in [9.17, 15) is 4.79 Å². The topological polar surface area (TPSA) is 32.3 Å². The van der Waals surface area contributed by atoms with E-state index in [4.69, 9.17) is 0 Å².